The van der Waals surface area contributed by atoms with Crippen molar-refractivity contribution in [3.63, 3.8) is 0 Å². The highest BCUT2D eigenvalue weighted by atomic mass is 16.3. The zero-order chi connectivity index (χ0) is 13.9. The van der Waals surface area contributed by atoms with Gasteiger partial charge in [0.15, 0.2) is 5.96 Å². The zero-order valence-corrected chi connectivity index (χ0v) is 11.5. The van der Waals surface area contributed by atoms with E-state index in [9.17, 15) is 0 Å². The normalized spacial score (nSPS) is 15.3. The Kier molecular flexibility index (Phi) is 3.41. The maximum atomic E-state index is 5.94. The first-order valence-electron chi connectivity index (χ1n) is 6.76. The molecular formula is C15H18N4O. The summed E-state index contributed by atoms with van der Waals surface area (Å²) in [6.45, 7) is 0.444. The molecule has 1 aliphatic rings. The fourth-order valence-corrected chi connectivity index (χ4v) is 2.02. The summed E-state index contributed by atoms with van der Waals surface area (Å²) >= 11 is 0. The van der Waals surface area contributed by atoms with Crippen LogP contribution in [-0.4, -0.2) is 28.9 Å². The van der Waals surface area contributed by atoms with Crippen molar-refractivity contribution in [3.05, 3.63) is 42.3 Å². The van der Waals surface area contributed by atoms with Crippen molar-refractivity contribution in [3.8, 4) is 11.5 Å². The highest BCUT2D eigenvalue weighted by molar-refractivity contribution is 5.78. The molecule has 1 fully saturated rings. The van der Waals surface area contributed by atoms with E-state index in [-0.39, 0.29) is 0 Å². The molecule has 5 nitrogen and oxygen atoms in total. The number of aromatic nitrogens is 1. The highest BCUT2D eigenvalue weighted by Crippen LogP contribution is 2.25. The van der Waals surface area contributed by atoms with Gasteiger partial charge in [-0.25, -0.2) is 9.98 Å². The second kappa shape index (κ2) is 5.36. The quantitative estimate of drug-likeness (QED) is 0.683. The van der Waals surface area contributed by atoms with Crippen LogP contribution in [0.25, 0.3) is 11.5 Å². The summed E-state index contributed by atoms with van der Waals surface area (Å²) in [4.78, 5) is 10.8. The summed E-state index contributed by atoms with van der Waals surface area (Å²) in [7, 11) is 1.98. The molecule has 0 radical (unpaired) electrons. The Labute approximate surface area is 118 Å². The SMILES string of the molecule is CN(C(N)=NCc1coc(-c2ccccc2)n1)C1CC1. The van der Waals surface area contributed by atoms with Crippen LogP contribution in [0.15, 0.2) is 46.0 Å². The molecule has 5 heteroatoms. The summed E-state index contributed by atoms with van der Waals surface area (Å²) in [6.07, 6.45) is 4.04. The van der Waals surface area contributed by atoms with Crippen LogP contribution in [-0.2, 0) is 6.54 Å². The van der Waals surface area contributed by atoms with Crippen LogP contribution >= 0.6 is 0 Å². The molecule has 1 aromatic carbocycles. The molecule has 20 heavy (non-hydrogen) atoms. The fourth-order valence-electron chi connectivity index (χ4n) is 2.02. The summed E-state index contributed by atoms with van der Waals surface area (Å²) in [6, 6.07) is 10.4. The van der Waals surface area contributed by atoms with Crippen LogP contribution < -0.4 is 5.73 Å². The third kappa shape index (κ3) is 2.82. The van der Waals surface area contributed by atoms with Gasteiger partial charge in [-0.3, -0.25) is 0 Å². The van der Waals surface area contributed by atoms with Gasteiger partial charge in [0.1, 0.15) is 12.0 Å². The van der Waals surface area contributed by atoms with E-state index >= 15 is 0 Å². The van der Waals surface area contributed by atoms with Crippen LogP contribution in [0.4, 0.5) is 0 Å². The number of nitrogens with two attached hydrogens (primary N) is 1. The fraction of sp³-hybridized carbons (Fsp3) is 0.333. The summed E-state index contributed by atoms with van der Waals surface area (Å²) in [5.41, 5.74) is 7.69. The molecule has 2 N–H and O–H groups in total. The lowest BCUT2D eigenvalue weighted by molar-refractivity contribution is 0.487. The molecule has 0 bridgehead atoms. The van der Waals surface area contributed by atoms with Gasteiger partial charge >= 0.3 is 0 Å². The van der Waals surface area contributed by atoms with E-state index < -0.39 is 0 Å². The Morgan fingerprint density at radius 2 is 2.15 bits per heavy atom. The van der Waals surface area contributed by atoms with Gasteiger partial charge < -0.3 is 15.1 Å². The number of hydrogen-bond donors (Lipinski definition) is 1. The lowest BCUT2D eigenvalue weighted by atomic mass is 10.2. The lowest BCUT2D eigenvalue weighted by Gasteiger charge is -2.16. The Morgan fingerprint density at radius 3 is 2.85 bits per heavy atom. The number of guanidine groups is 1. The van der Waals surface area contributed by atoms with Crippen molar-refractivity contribution in [2.45, 2.75) is 25.4 Å². The van der Waals surface area contributed by atoms with E-state index in [1.165, 1.54) is 12.8 Å². The van der Waals surface area contributed by atoms with Crippen LogP contribution in [0.2, 0.25) is 0 Å². The largest absolute Gasteiger partial charge is 0.444 e. The molecular weight excluding hydrogens is 252 g/mol. The van der Waals surface area contributed by atoms with Crippen LogP contribution in [0, 0.1) is 0 Å². The molecule has 0 atom stereocenters. The number of benzene rings is 1. The Bertz CT molecular complexity index is 601. The predicted octanol–water partition coefficient (Wildman–Crippen LogP) is 2.25. The van der Waals surface area contributed by atoms with Gasteiger partial charge in [-0.1, -0.05) is 18.2 Å². The van der Waals surface area contributed by atoms with Gasteiger partial charge in [0, 0.05) is 18.7 Å². The van der Waals surface area contributed by atoms with Gasteiger partial charge in [0.2, 0.25) is 5.89 Å². The molecule has 1 aliphatic carbocycles. The second-order valence-electron chi connectivity index (χ2n) is 5.03. The van der Waals surface area contributed by atoms with Gasteiger partial charge in [-0.05, 0) is 25.0 Å². The molecule has 1 heterocycles. The maximum Gasteiger partial charge on any atom is 0.226 e. The Morgan fingerprint density at radius 1 is 1.40 bits per heavy atom. The van der Waals surface area contributed by atoms with E-state index in [1.807, 2.05) is 42.3 Å². The Hall–Kier alpha value is -2.30. The van der Waals surface area contributed by atoms with Gasteiger partial charge in [0.05, 0.1) is 6.54 Å². The summed E-state index contributed by atoms with van der Waals surface area (Å²) < 4.78 is 5.47. The van der Waals surface area contributed by atoms with Crippen molar-refractivity contribution in [1.29, 1.82) is 0 Å². The number of nitrogens with zero attached hydrogens (tertiary/aromatic N) is 3. The van der Waals surface area contributed by atoms with Crippen molar-refractivity contribution < 1.29 is 4.42 Å². The maximum absolute atomic E-state index is 5.94. The number of aliphatic imine (C=N–C) groups is 1. The topological polar surface area (TPSA) is 67.7 Å². The van der Waals surface area contributed by atoms with Gasteiger partial charge in [0.25, 0.3) is 0 Å². The number of hydrogen-bond acceptors (Lipinski definition) is 3. The van der Waals surface area contributed by atoms with E-state index in [4.69, 9.17) is 10.2 Å². The molecule has 0 spiro atoms. The Balaban J connectivity index is 1.67. The first-order chi connectivity index (χ1) is 9.74. The van der Waals surface area contributed by atoms with E-state index in [1.54, 1.807) is 6.26 Å². The standard InChI is InChI=1S/C15H18N4O/c1-19(13-7-8-13)15(16)17-9-12-10-20-14(18-12)11-5-3-2-4-6-11/h2-6,10,13H,7-9H2,1H3,(H2,16,17). The lowest BCUT2D eigenvalue weighted by Crippen LogP contribution is -2.35. The summed E-state index contributed by atoms with van der Waals surface area (Å²) in [5, 5.41) is 0. The average molecular weight is 270 g/mol. The predicted molar refractivity (Wildman–Crippen MR) is 78.1 cm³/mol. The molecule has 1 saturated carbocycles. The molecule has 0 amide bonds. The van der Waals surface area contributed by atoms with Crippen molar-refractivity contribution >= 4 is 5.96 Å². The minimum atomic E-state index is 0.444. The second-order valence-corrected chi connectivity index (χ2v) is 5.03. The minimum absolute atomic E-state index is 0.444. The number of oxazole rings is 1. The highest BCUT2D eigenvalue weighted by Gasteiger charge is 2.27. The first-order valence-corrected chi connectivity index (χ1v) is 6.76. The van der Waals surface area contributed by atoms with Crippen molar-refractivity contribution in [2.75, 3.05) is 7.05 Å². The van der Waals surface area contributed by atoms with E-state index in [2.05, 4.69) is 9.98 Å². The third-order valence-electron chi connectivity index (χ3n) is 3.43. The molecule has 1 aromatic heterocycles. The molecule has 104 valence electrons. The van der Waals surface area contributed by atoms with Gasteiger partial charge in [-0.15, -0.1) is 0 Å². The summed E-state index contributed by atoms with van der Waals surface area (Å²) in [5.74, 6) is 1.18. The number of rotatable bonds is 4. The molecule has 2 aromatic rings. The van der Waals surface area contributed by atoms with E-state index in [0.717, 1.165) is 11.3 Å². The first kappa shape index (κ1) is 12.7. The van der Waals surface area contributed by atoms with Crippen LogP contribution in [0.5, 0.6) is 0 Å². The van der Waals surface area contributed by atoms with Crippen LogP contribution in [0.3, 0.4) is 0 Å². The third-order valence-corrected chi connectivity index (χ3v) is 3.43. The molecule has 3 rings (SSSR count). The van der Waals surface area contributed by atoms with Crippen LogP contribution in [0.1, 0.15) is 18.5 Å². The monoisotopic (exact) mass is 270 g/mol. The van der Waals surface area contributed by atoms with Gasteiger partial charge in [-0.2, -0.15) is 0 Å². The molecule has 0 saturated heterocycles. The smallest absolute Gasteiger partial charge is 0.226 e. The molecule has 0 unspecified atom stereocenters. The van der Waals surface area contributed by atoms with Crippen molar-refractivity contribution in [2.24, 2.45) is 10.7 Å². The van der Waals surface area contributed by atoms with Crippen molar-refractivity contribution in [1.82, 2.24) is 9.88 Å². The molecule has 0 aliphatic heterocycles. The van der Waals surface area contributed by atoms with E-state index in [0.29, 0.717) is 24.4 Å². The zero-order valence-electron chi connectivity index (χ0n) is 11.5. The minimum Gasteiger partial charge on any atom is -0.444 e. The average Bonchev–Trinajstić information content (AvgIpc) is 3.23.